The second kappa shape index (κ2) is 51.7. The number of allylic oxidation sites excluding steroid dienone is 18. The van der Waals surface area contributed by atoms with Crippen LogP contribution in [0, 0.1) is 0 Å². The van der Waals surface area contributed by atoms with Crippen LogP contribution in [0.15, 0.2) is 109 Å². The van der Waals surface area contributed by atoms with E-state index in [0.29, 0.717) is 19.3 Å². The lowest BCUT2D eigenvalue weighted by Gasteiger charge is -2.18. The van der Waals surface area contributed by atoms with E-state index in [-0.39, 0.29) is 37.5 Å². The van der Waals surface area contributed by atoms with Crippen molar-refractivity contribution in [2.45, 2.75) is 226 Å². The van der Waals surface area contributed by atoms with Crippen molar-refractivity contribution in [2.24, 2.45) is 0 Å². The minimum absolute atomic E-state index is 0.112. The van der Waals surface area contributed by atoms with E-state index in [9.17, 15) is 14.4 Å². The minimum atomic E-state index is -0.815. The molecule has 362 valence electrons. The van der Waals surface area contributed by atoms with Gasteiger partial charge in [0.25, 0.3) is 0 Å². The third-order valence-corrected chi connectivity index (χ3v) is 10.6. The summed E-state index contributed by atoms with van der Waals surface area (Å²) in [5.74, 6) is -1.00. The van der Waals surface area contributed by atoms with Gasteiger partial charge in [-0.1, -0.05) is 207 Å². The van der Waals surface area contributed by atoms with Gasteiger partial charge in [0.05, 0.1) is 0 Å². The minimum Gasteiger partial charge on any atom is -0.462 e. The standard InChI is InChI=1S/C58H94O6/c1-4-7-10-13-16-19-22-25-27-29-31-33-36-39-42-45-48-51-57(60)63-54-55(53-62-56(59)50-47-44-41-38-35-32-24-21-18-15-12-9-6-3)64-58(61)52-49-46-43-40-37-34-30-28-26-23-20-17-14-11-8-5-2/h7,9-10,12,15-16,18-19,21,24-25,27-28,30-31,33,39,42,55H,4-6,8,11,13-14,17,20,22-23,26,29,32,34-38,40-41,43-54H2,1-3H3/b10-7+,12-9+,18-15+,19-16+,24-21+,27-25+,30-28+,33-31+,42-39+. The van der Waals surface area contributed by atoms with Gasteiger partial charge >= 0.3 is 17.9 Å². The normalized spacial score (nSPS) is 13.0. The Morgan fingerprint density at radius 1 is 0.344 bits per heavy atom. The third-order valence-electron chi connectivity index (χ3n) is 10.6. The average molecular weight is 887 g/mol. The van der Waals surface area contributed by atoms with Crippen LogP contribution in [0.25, 0.3) is 0 Å². The van der Waals surface area contributed by atoms with Gasteiger partial charge in [-0.25, -0.2) is 0 Å². The number of rotatable bonds is 45. The van der Waals surface area contributed by atoms with Crippen molar-refractivity contribution >= 4 is 17.9 Å². The fourth-order valence-electron chi connectivity index (χ4n) is 6.71. The van der Waals surface area contributed by atoms with Gasteiger partial charge in [0, 0.05) is 19.3 Å². The largest absolute Gasteiger partial charge is 0.462 e. The molecule has 64 heavy (non-hydrogen) atoms. The molecule has 0 aromatic rings. The summed E-state index contributed by atoms with van der Waals surface area (Å²) < 4.78 is 16.7. The predicted molar refractivity (Wildman–Crippen MR) is 274 cm³/mol. The van der Waals surface area contributed by atoms with Crippen molar-refractivity contribution < 1.29 is 28.6 Å². The van der Waals surface area contributed by atoms with Crippen LogP contribution in [0.5, 0.6) is 0 Å². The second-order valence-electron chi connectivity index (χ2n) is 16.7. The molecule has 0 aliphatic carbocycles. The highest BCUT2D eigenvalue weighted by molar-refractivity contribution is 5.71. The highest BCUT2D eigenvalue weighted by Gasteiger charge is 2.19. The quantitative estimate of drug-likeness (QED) is 0.0199. The van der Waals surface area contributed by atoms with Gasteiger partial charge in [-0.15, -0.1) is 0 Å². The summed E-state index contributed by atoms with van der Waals surface area (Å²) in [5, 5.41) is 0. The molecule has 6 heteroatoms. The van der Waals surface area contributed by atoms with Crippen molar-refractivity contribution in [3.05, 3.63) is 109 Å². The molecule has 0 saturated heterocycles. The summed E-state index contributed by atoms with van der Waals surface area (Å²) in [5.41, 5.74) is 0. The number of hydrogen-bond acceptors (Lipinski definition) is 6. The summed E-state index contributed by atoms with van der Waals surface area (Å²) in [6.07, 6.45) is 69.3. The Labute approximate surface area is 393 Å². The van der Waals surface area contributed by atoms with Crippen molar-refractivity contribution in [3.8, 4) is 0 Å². The van der Waals surface area contributed by atoms with E-state index in [0.717, 1.165) is 116 Å². The Hall–Kier alpha value is -3.93. The van der Waals surface area contributed by atoms with Gasteiger partial charge in [-0.05, 0) is 103 Å². The van der Waals surface area contributed by atoms with E-state index in [1.807, 2.05) is 0 Å². The molecule has 0 aliphatic rings. The molecule has 0 fully saturated rings. The lowest BCUT2D eigenvalue weighted by atomic mass is 10.1. The molecule has 0 bridgehead atoms. The SMILES string of the molecule is CC/C=C/C=C/C=C/CCCCCCCC(=O)OCC(COC(=O)CCC/C=C/C/C=C/C/C=C/C/C=C/C/C=C/CC)OC(=O)CCCCCCC/C=C/CCCCCCCCC. The Kier molecular flexibility index (Phi) is 48.5. The van der Waals surface area contributed by atoms with Crippen LogP contribution < -0.4 is 0 Å². The van der Waals surface area contributed by atoms with Crippen molar-refractivity contribution in [3.63, 3.8) is 0 Å². The van der Waals surface area contributed by atoms with Crippen LogP contribution in [-0.2, 0) is 28.6 Å². The first kappa shape index (κ1) is 60.1. The van der Waals surface area contributed by atoms with Gasteiger partial charge in [-0.2, -0.15) is 0 Å². The number of unbranched alkanes of at least 4 members (excludes halogenated alkanes) is 18. The molecule has 0 radical (unpaired) electrons. The van der Waals surface area contributed by atoms with Gasteiger partial charge in [0.2, 0.25) is 0 Å². The summed E-state index contributed by atoms with van der Waals surface area (Å²) in [4.78, 5) is 38.0. The van der Waals surface area contributed by atoms with Gasteiger partial charge in [0.15, 0.2) is 6.10 Å². The topological polar surface area (TPSA) is 78.9 Å². The number of ether oxygens (including phenoxy) is 3. The number of carbonyl (C=O) groups excluding carboxylic acids is 3. The molecule has 0 aromatic carbocycles. The monoisotopic (exact) mass is 887 g/mol. The van der Waals surface area contributed by atoms with Crippen LogP contribution in [-0.4, -0.2) is 37.2 Å². The van der Waals surface area contributed by atoms with Crippen LogP contribution in [0.1, 0.15) is 220 Å². The summed E-state index contributed by atoms with van der Waals surface area (Å²) in [7, 11) is 0. The fourth-order valence-corrected chi connectivity index (χ4v) is 6.71. The van der Waals surface area contributed by atoms with Crippen LogP contribution in [0.3, 0.4) is 0 Å². The highest BCUT2D eigenvalue weighted by Crippen LogP contribution is 2.13. The Balaban J connectivity index is 4.53. The molecule has 1 atom stereocenters. The maximum Gasteiger partial charge on any atom is 0.306 e. The molecule has 0 spiro atoms. The molecule has 0 rings (SSSR count). The molecule has 0 N–H and O–H groups in total. The molecule has 0 aliphatic heterocycles. The Morgan fingerprint density at radius 2 is 0.703 bits per heavy atom. The second-order valence-corrected chi connectivity index (χ2v) is 16.7. The fraction of sp³-hybridized carbons (Fsp3) is 0.638. The van der Waals surface area contributed by atoms with Gasteiger partial charge in [0.1, 0.15) is 13.2 Å². The van der Waals surface area contributed by atoms with E-state index in [1.54, 1.807) is 0 Å². The zero-order valence-corrected chi connectivity index (χ0v) is 41.3. The highest BCUT2D eigenvalue weighted by atomic mass is 16.6. The lowest BCUT2D eigenvalue weighted by molar-refractivity contribution is -0.167. The Bertz CT molecular complexity index is 1340. The lowest BCUT2D eigenvalue weighted by Crippen LogP contribution is -2.30. The van der Waals surface area contributed by atoms with E-state index in [2.05, 4.69) is 130 Å². The first-order valence-corrected chi connectivity index (χ1v) is 25.9. The van der Waals surface area contributed by atoms with E-state index in [1.165, 1.54) is 57.8 Å². The molecule has 0 saturated carbocycles. The number of esters is 3. The Morgan fingerprint density at radius 3 is 1.20 bits per heavy atom. The maximum atomic E-state index is 12.8. The average Bonchev–Trinajstić information content (AvgIpc) is 3.29. The van der Waals surface area contributed by atoms with Crippen LogP contribution >= 0.6 is 0 Å². The molecular weight excluding hydrogens is 793 g/mol. The summed E-state index contributed by atoms with van der Waals surface area (Å²) in [6.45, 7) is 6.30. The van der Waals surface area contributed by atoms with Crippen molar-refractivity contribution in [2.75, 3.05) is 13.2 Å². The first-order valence-electron chi connectivity index (χ1n) is 25.9. The molecule has 0 aromatic heterocycles. The van der Waals surface area contributed by atoms with Crippen LogP contribution in [0.4, 0.5) is 0 Å². The van der Waals surface area contributed by atoms with Gasteiger partial charge < -0.3 is 14.2 Å². The van der Waals surface area contributed by atoms with Crippen molar-refractivity contribution in [1.82, 2.24) is 0 Å². The molecule has 6 nitrogen and oxygen atoms in total. The number of hydrogen-bond donors (Lipinski definition) is 0. The zero-order valence-electron chi connectivity index (χ0n) is 41.3. The van der Waals surface area contributed by atoms with Crippen LogP contribution in [0.2, 0.25) is 0 Å². The summed E-state index contributed by atoms with van der Waals surface area (Å²) in [6, 6.07) is 0. The molecule has 0 amide bonds. The summed E-state index contributed by atoms with van der Waals surface area (Å²) >= 11 is 0. The first-order chi connectivity index (χ1) is 31.5. The van der Waals surface area contributed by atoms with Gasteiger partial charge in [-0.3, -0.25) is 14.4 Å². The number of carbonyl (C=O) groups is 3. The van der Waals surface area contributed by atoms with E-state index in [4.69, 9.17) is 14.2 Å². The van der Waals surface area contributed by atoms with E-state index >= 15 is 0 Å². The molecule has 0 heterocycles. The zero-order chi connectivity index (χ0) is 46.5. The molecular formula is C58H94O6. The predicted octanol–water partition coefficient (Wildman–Crippen LogP) is 17.1. The third kappa shape index (κ3) is 49.1. The van der Waals surface area contributed by atoms with E-state index < -0.39 is 6.10 Å². The van der Waals surface area contributed by atoms with Crippen molar-refractivity contribution in [1.29, 1.82) is 0 Å². The smallest absolute Gasteiger partial charge is 0.306 e. The molecule has 1 unspecified atom stereocenters. The maximum absolute atomic E-state index is 12.8.